The zero-order valence-corrected chi connectivity index (χ0v) is 15.5. The van der Waals surface area contributed by atoms with E-state index in [0.717, 1.165) is 50.9 Å². The van der Waals surface area contributed by atoms with E-state index in [9.17, 15) is 4.79 Å². The summed E-state index contributed by atoms with van der Waals surface area (Å²) in [6, 6.07) is 8.64. The van der Waals surface area contributed by atoms with Gasteiger partial charge in [0.15, 0.2) is 0 Å². The molecule has 1 aliphatic carbocycles. The zero-order valence-electron chi connectivity index (χ0n) is 15.5. The molecule has 0 aromatic heterocycles. The summed E-state index contributed by atoms with van der Waals surface area (Å²) < 4.78 is 5.78. The summed E-state index contributed by atoms with van der Waals surface area (Å²) in [7, 11) is 2.11. The molecular weight excluding hydrogens is 314 g/mol. The highest BCUT2D eigenvalue weighted by molar-refractivity contribution is 5.74. The molecule has 2 N–H and O–H groups in total. The molecule has 1 saturated heterocycles. The van der Waals surface area contributed by atoms with Gasteiger partial charge in [0, 0.05) is 31.7 Å². The van der Waals surface area contributed by atoms with E-state index >= 15 is 0 Å². The molecule has 1 aliphatic heterocycles. The van der Waals surface area contributed by atoms with Crippen molar-refractivity contribution in [3.8, 4) is 0 Å². The summed E-state index contributed by atoms with van der Waals surface area (Å²) in [5, 5.41) is 6.19. The minimum absolute atomic E-state index is 0.0615. The van der Waals surface area contributed by atoms with Crippen LogP contribution in [0, 0.1) is 5.92 Å². The minimum atomic E-state index is -0.0615. The van der Waals surface area contributed by atoms with E-state index in [1.54, 1.807) is 0 Å². The quantitative estimate of drug-likeness (QED) is 0.833. The van der Waals surface area contributed by atoms with Crippen molar-refractivity contribution in [3.63, 3.8) is 0 Å². The summed E-state index contributed by atoms with van der Waals surface area (Å²) in [4.78, 5) is 14.6. The first-order valence-electron chi connectivity index (χ1n) is 9.58. The lowest BCUT2D eigenvalue weighted by molar-refractivity contribution is 0.0549. The molecular formula is C20H31N3O2. The Balaban J connectivity index is 1.48. The second kappa shape index (κ2) is 8.68. The number of nitrogens with zero attached hydrogens (tertiary/aromatic N) is 1. The van der Waals surface area contributed by atoms with Gasteiger partial charge in [-0.2, -0.15) is 0 Å². The Labute approximate surface area is 151 Å². The number of hydrogen-bond donors (Lipinski definition) is 2. The predicted molar refractivity (Wildman–Crippen MR) is 99.3 cm³/mol. The van der Waals surface area contributed by atoms with Gasteiger partial charge in [-0.25, -0.2) is 4.79 Å². The standard InChI is InChI=1S/C20H31N3O2/c1-3-23(2)14-16-7-4-6-15(12-16)13-21-20(24)22-18-8-5-9-19-17(18)10-11-25-19/h4,6-7,12,17-19H,3,5,8-11,13-14H2,1-2H3,(H2,21,22,24)/t17-,18+,19-/m0/s1. The molecule has 5 nitrogen and oxygen atoms in total. The van der Waals surface area contributed by atoms with Crippen LogP contribution in [0.3, 0.4) is 0 Å². The van der Waals surface area contributed by atoms with E-state index in [1.165, 1.54) is 5.56 Å². The largest absolute Gasteiger partial charge is 0.378 e. The van der Waals surface area contributed by atoms with Gasteiger partial charge in [-0.3, -0.25) is 0 Å². The third-order valence-corrected chi connectivity index (χ3v) is 5.53. The average molecular weight is 345 g/mol. The lowest BCUT2D eigenvalue weighted by atomic mass is 9.82. The molecule has 3 rings (SSSR count). The van der Waals surface area contributed by atoms with Gasteiger partial charge >= 0.3 is 6.03 Å². The number of carbonyl (C=O) groups is 1. The van der Waals surface area contributed by atoms with Crippen molar-refractivity contribution in [3.05, 3.63) is 35.4 Å². The summed E-state index contributed by atoms with van der Waals surface area (Å²) >= 11 is 0. The van der Waals surface area contributed by atoms with Gasteiger partial charge < -0.3 is 20.3 Å². The number of hydrogen-bond acceptors (Lipinski definition) is 3. The molecule has 2 fully saturated rings. The van der Waals surface area contributed by atoms with Crippen LogP contribution in [0.5, 0.6) is 0 Å². The molecule has 1 heterocycles. The fraction of sp³-hybridized carbons (Fsp3) is 0.650. The van der Waals surface area contributed by atoms with Crippen molar-refractivity contribution in [2.24, 2.45) is 5.92 Å². The van der Waals surface area contributed by atoms with Crippen LogP contribution in [0.1, 0.15) is 43.7 Å². The molecule has 5 heteroatoms. The lowest BCUT2D eigenvalue weighted by Gasteiger charge is -2.33. The zero-order chi connectivity index (χ0) is 17.6. The Kier molecular flexibility index (Phi) is 6.32. The Morgan fingerprint density at radius 3 is 2.96 bits per heavy atom. The highest BCUT2D eigenvalue weighted by Gasteiger charge is 2.38. The molecule has 2 aliphatic rings. The summed E-state index contributed by atoms with van der Waals surface area (Å²) in [5.41, 5.74) is 2.42. The number of rotatable bonds is 6. The number of urea groups is 1. The van der Waals surface area contributed by atoms with Gasteiger partial charge in [0.05, 0.1) is 6.10 Å². The van der Waals surface area contributed by atoms with Gasteiger partial charge in [-0.05, 0) is 50.4 Å². The van der Waals surface area contributed by atoms with Crippen LogP contribution in [0.15, 0.2) is 24.3 Å². The van der Waals surface area contributed by atoms with E-state index in [2.05, 4.69) is 53.8 Å². The van der Waals surface area contributed by atoms with Crippen molar-refractivity contribution < 1.29 is 9.53 Å². The van der Waals surface area contributed by atoms with Crippen molar-refractivity contribution in [2.45, 2.75) is 57.8 Å². The molecule has 0 bridgehead atoms. The molecule has 25 heavy (non-hydrogen) atoms. The second-order valence-corrected chi connectivity index (χ2v) is 7.38. The molecule has 0 radical (unpaired) electrons. The van der Waals surface area contributed by atoms with E-state index in [0.29, 0.717) is 18.6 Å². The van der Waals surface area contributed by atoms with Crippen LogP contribution in [0.25, 0.3) is 0 Å². The predicted octanol–water partition coefficient (Wildman–Crippen LogP) is 2.90. The van der Waals surface area contributed by atoms with E-state index in [4.69, 9.17) is 4.74 Å². The average Bonchev–Trinajstić information content (AvgIpc) is 3.10. The minimum Gasteiger partial charge on any atom is -0.378 e. The van der Waals surface area contributed by atoms with Crippen molar-refractivity contribution in [2.75, 3.05) is 20.2 Å². The Morgan fingerprint density at radius 1 is 1.28 bits per heavy atom. The second-order valence-electron chi connectivity index (χ2n) is 7.38. The van der Waals surface area contributed by atoms with Gasteiger partial charge in [0.2, 0.25) is 0 Å². The number of amides is 2. The monoisotopic (exact) mass is 345 g/mol. The number of fused-ring (bicyclic) bond motifs is 1. The molecule has 138 valence electrons. The maximum absolute atomic E-state index is 12.3. The number of nitrogens with one attached hydrogen (secondary N) is 2. The highest BCUT2D eigenvalue weighted by Crippen LogP contribution is 2.34. The molecule has 0 spiro atoms. The van der Waals surface area contributed by atoms with Crippen LogP contribution in [-0.2, 0) is 17.8 Å². The number of ether oxygens (including phenoxy) is 1. The first-order chi connectivity index (χ1) is 12.2. The molecule has 1 aromatic carbocycles. The van der Waals surface area contributed by atoms with Crippen molar-refractivity contribution >= 4 is 6.03 Å². The molecule has 1 aromatic rings. The summed E-state index contributed by atoms with van der Waals surface area (Å²) in [5.74, 6) is 0.493. The van der Waals surface area contributed by atoms with Crippen molar-refractivity contribution in [1.29, 1.82) is 0 Å². The SMILES string of the molecule is CCN(C)Cc1cccc(CNC(=O)N[C@@H]2CCC[C@@H]3OCC[C@H]32)c1. The van der Waals surface area contributed by atoms with Crippen LogP contribution >= 0.6 is 0 Å². The Bertz CT molecular complexity index is 578. The highest BCUT2D eigenvalue weighted by atomic mass is 16.5. The molecule has 3 atom stereocenters. The third kappa shape index (κ3) is 4.95. The number of carbonyl (C=O) groups excluding carboxylic acids is 1. The fourth-order valence-electron chi connectivity index (χ4n) is 4.02. The maximum Gasteiger partial charge on any atom is 0.315 e. The van der Waals surface area contributed by atoms with E-state index < -0.39 is 0 Å². The van der Waals surface area contributed by atoms with Crippen LogP contribution in [0.4, 0.5) is 4.79 Å². The number of benzene rings is 1. The smallest absolute Gasteiger partial charge is 0.315 e. The van der Waals surface area contributed by atoms with Crippen molar-refractivity contribution in [1.82, 2.24) is 15.5 Å². The fourth-order valence-corrected chi connectivity index (χ4v) is 4.02. The first kappa shape index (κ1) is 18.2. The summed E-state index contributed by atoms with van der Waals surface area (Å²) in [6.07, 6.45) is 4.77. The normalized spacial score (nSPS) is 25.6. The topological polar surface area (TPSA) is 53.6 Å². The lowest BCUT2D eigenvalue weighted by Crippen LogP contribution is -2.49. The third-order valence-electron chi connectivity index (χ3n) is 5.53. The van der Waals surface area contributed by atoms with Gasteiger partial charge in [0.1, 0.15) is 0 Å². The Hall–Kier alpha value is -1.59. The molecule has 0 unspecified atom stereocenters. The van der Waals surface area contributed by atoms with Crippen LogP contribution in [0.2, 0.25) is 0 Å². The van der Waals surface area contributed by atoms with Gasteiger partial charge in [0.25, 0.3) is 0 Å². The first-order valence-corrected chi connectivity index (χ1v) is 9.58. The molecule has 1 saturated carbocycles. The van der Waals surface area contributed by atoms with Crippen LogP contribution < -0.4 is 10.6 Å². The molecule has 2 amide bonds. The van der Waals surface area contributed by atoms with Gasteiger partial charge in [-0.1, -0.05) is 31.2 Å². The maximum atomic E-state index is 12.3. The van der Waals surface area contributed by atoms with Crippen LogP contribution in [-0.4, -0.2) is 43.3 Å². The summed E-state index contributed by atoms with van der Waals surface area (Å²) in [6.45, 7) is 5.52. The Morgan fingerprint density at radius 2 is 2.12 bits per heavy atom. The van der Waals surface area contributed by atoms with E-state index in [1.807, 2.05) is 0 Å². The van der Waals surface area contributed by atoms with Gasteiger partial charge in [-0.15, -0.1) is 0 Å². The van der Waals surface area contributed by atoms with E-state index in [-0.39, 0.29) is 12.1 Å².